The van der Waals surface area contributed by atoms with Gasteiger partial charge in [0, 0.05) is 11.9 Å². The second-order valence-electron chi connectivity index (χ2n) is 3.74. The number of thioether (sulfide) groups is 2. The molecule has 19 heavy (non-hydrogen) atoms. The van der Waals surface area contributed by atoms with E-state index in [1.54, 1.807) is 11.8 Å². The molecule has 1 heterocycles. The zero-order chi connectivity index (χ0) is 13.7. The van der Waals surface area contributed by atoms with Crippen LogP contribution in [0.5, 0.6) is 0 Å². The molecule has 1 aromatic heterocycles. The number of hydrogen-bond acceptors (Lipinski definition) is 5. The van der Waals surface area contributed by atoms with Crippen molar-refractivity contribution in [2.24, 2.45) is 7.05 Å². The van der Waals surface area contributed by atoms with Crippen LogP contribution < -0.4 is 0 Å². The van der Waals surface area contributed by atoms with Crippen molar-refractivity contribution in [1.82, 2.24) is 14.8 Å². The van der Waals surface area contributed by atoms with Crippen LogP contribution in [0, 0.1) is 0 Å². The molecule has 0 amide bonds. The van der Waals surface area contributed by atoms with Gasteiger partial charge in [-0.15, -0.1) is 22.0 Å². The first-order valence-electron chi connectivity index (χ1n) is 5.57. The fourth-order valence-corrected chi connectivity index (χ4v) is 2.93. The number of nitrogens with zero attached hydrogens (tertiary/aromatic N) is 3. The average Bonchev–Trinajstić information content (AvgIpc) is 2.76. The number of carbonyl (C=O) groups is 1. The first kappa shape index (κ1) is 14.0. The van der Waals surface area contributed by atoms with Gasteiger partial charge in [0.15, 0.2) is 5.16 Å². The first-order valence-corrected chi connectivity index (χ1v) is 7.54. The average molecular weight is 295 g/mol. The highest BCUT2D eigenvalue weighted by atomic mass is 32.2. The van der Waals surface area contributed by atoms with E-state index >= 15 is 0 Å². The third kappa shape index (κ3) is 4.00. The maximum Gasteiger partial charge on any atom is 0.313 e. The maximum atomic E-state index is 10.5. The molecule has 100 valence electrons. The number of hydrogen-bond donors (Lipinski definition) is 1. The number of aromatic nitrogens is 3. The van der Waals surface area contributed by atoms with Gasteiger partial charge in [-0.2, -0.15) is 0 Å². The third-order valence-corrected chi connectivity index (χ3v) is 4.37. The van der Waals surface area contributed by atoms with Crippen molar-refractivity contribution in [2.75, 3.05) is 5.75 Å². The fourth-order valence-electron chi connectivity index (χ4n) is 1.39. The van der Waals surface area contributed by atoms with Crippen LogP contribution in [-0.4, -0.2) is 31.6 Å². The summed E-state index contributed by atoms with van der Waals surface area (Å²) in [5.41, 5.74) is 0. The van der Waals surface area contributed by atoms with E-state index in [0.29, 0.717) is 10.9 Å². The van der Waals surface area contributed by atoms with Crippen LogP contribution in [0.15, 0.2) is 40.4 Å². The summed E-state index contributed by atoms with van der Waals surface area (Å²) in [5, 5.41) is 17.4. The minimum absolute atomic E-state index is 0.00218. The molecule has 0 unspecified atom stereocenters. The molecule has 0 spiro atoms. The van der Waals surface area contributed by atoms with Crippen molar-refractivity contribution in [3.8, 4) is 0 Å². The van der Waals surface area contributed by atoms with Gasteiger partial charge in [0.1, 0.15) is 5.82 Å². The van der Waals surface area contributed by atoms with E-state index < -0.39 is 5.97 Å². The van der Waals surface area contributed by atoms with Crippen LogP contribution in [0.4, 0.5) is 0 Å². The fraction of sp³-hybridized carbons (Fsp3) is 0.250. The Morgan fingerprint density at radius 3 is 2.68 bits per heavy atom. The molecule has 0 aliphatic rings. The zero-order valence-corrected chi connectivity index (χ0v) is 11.9. The Bertz CT molecular complexity index is 557. The van der Waals surface area contributed by atoms with Crippen molar-refractivity contribution in [3.05, 3.63) is 36.2 Å². The van der Waals surface area contributed by atoms with Gasteiger partial charge in [-0.05, 0) is 12.1 Å². The van der Waals surface area contributed by atoms with E-state index in [9.17, 15) is 4.79 Å². The maximum absolute atomic E-state index is 10.5. The summed E-state index contributed by atoms with van der Waals surface area (Å²) >= 11 is 2.85. The molecular formula is C12H13N3O2S2. The zero-order valence-electron chi connectivity index (χ0n) is 10.3. The molecule has 1 N–H and O–H groups in total. The molecule has 0 saturated carbocycles. The summed E-state index contributed by atoms with van der Waals surface area (Å²) in [7, 11) is 1.85. The van der Waals surface area contributed by atoms with Crippen molar-refractivity contribution in [3.63, 3.8) is 0 Å². The Labute approximate surface area is 119 Å². The third-order valence-electron chi connectivity index (χ3n) is 2.36. The van der Waals surface area contributed by atoms with Gasteiger partial charge in [-0.25, -0.2) is 0 Å². The Hall–Kier alpha value is -1.47. The lowest BCUT2D eigenvalue weighted by molar-refractivity contribution is -0.133. The SMILES string of the molecule is Cn1c(CSc2ccccc2)nnc1SCC(=O)O. The van der Waals surface area contributed by atoms with Gasteiger partial charge >= 0.3 is 5.97 Å². The van der Waals surface area contributed by atoms with Crippen LogP contribution in [0.1, 0.15) is 5.82 Å². The number of benzene rings is 1. The van der Waals surface area contributed by atoms with Crippen molar-refractivity contribution < 1.29 is 9.90 Å². The number of carboxylic acids is 1. The summed E-state index contributed by atoms with van der Waals surface area (Å²) in [5.74, 6) is 0.689. The Morgan fingerprint density at radius 1 is 1.26 bits per heavy atom. The van der Waals surface area contributed by atoms with E-state index in [2.05, 4.69) is 10.2 Å². The second kappa shape index (κ2) is 6.63. The van der Waals surface area contributed by atoms with E-state index in [0.717, 1.165) is 5.82 Å². The highest BCUT2D eigenvalue weighted by molar-refractivity contribution is 7.99. The molecule has 0 aliphatic heterocycles. The topological polar surface area (TPSA) is 68.0 Å². The minimum Gasteiger partial charge on any atom is -0.481 e. The summed E-state index contributed by atoms with van der Waals surface area (Å²) in [6, 6.07) is 10.1. The monoisotopic (exact) mass is 295 g/mol. The van der Waals surface area contributed by atoms with E-state index in [1.807, 2.05) is 41.9 Å². The highest BCUT2D eigenvalue weighted by Gasteiger charge is 2.10. The summed E-state index contributed by atoms with van der Waals surface area (Å²) in [6.07, 6.45) is 0. The predicted molar refractivity (Wildman–Crippen MR) is 75.4 cm³/mol. The number of aliphatic carboxylic acids is 1. The Morgan fingerprint density at radius 2 is 2.00 bits per heavy atom. The molecule has 2 aromatic rings. The van der Waals surface area contributed by atoms with Crippen molar-refractivity contribution in [2.45, 2.75) is 15.8 Å². The molecule has 0 aliphatic carbocycles. The smallest absolute Gasteiger partial charge is 0.313 e. The standard InChI is InChI=1S/C12H13N3O2S2/c1-15-10(7-18-9-5-3-2-4-6-9)13-14-12(15)19-8-11(16)17/h2-6H,7-8H2,1H3,(H,16,17). The lowest BCUT2D eigenvalue weighted by Gasteiger charge is -2.03. The Kier molecular flexibility index (Phi) is 4.86. The quantitative estimate of drug-likeness (QED) is 0.825. The molecule has 5 nitrogen and oxygen atoms in total. The molecule has 0 fully saturated rings. The normalized spacial score (nSPS) is 10.6. The van der Waals surface area contributed by atoms with Crippen molar-refractivity contribution >= 4 is 29.5 Å². The molecular weight excluding hydrogens is 282 g/mol. The predicted octanol–water partition coefficient (Wildman–Crippen LogP) is 2.28. The van der Waals surface area contributed by atoms with Gasteiger partial charge in [-0.3, -0.25) is 4.79 Å². The highest BCUT2D eigenvalue weighted by Crippen LogP contribution is 2.23. The van der Waals surface area contributed by atoms with E-state index in [-0.39, 0.29) is 5.75 Å². The molecule has 0 atom stereocenters. The van der Waals surface area contributed by atoms with Crippen LogP contribution in [0.3, 0.4) is 0 Å². The largest absolute Gasteiger partial charge is 0.481 e. The second-order valence-corrected chi connectivity index (χ2v) is 5.73. The molecule has 0 saturated heterocycles. The lowest BCUT2D eigenvalue weighted by atomic mass is 10.4. The molecule has 7 heteroatoms. The van der Waals surface area contributed by atoms with Gasteiger partial charge < -0.3 is 9.67 Å². The van der Waals surface area contributed by atoms with E-state index in [4.69, 9.17) is 5.11 Å². The molecule has 1 aromatic carbocycles. The van der Waals surface area contributed by atoms with Gasteiger partial charge in [0.25, 0.3) is 0 Å². The molecule has 0 bridgehead atoms. The number of carboxylic acid groups (broad SMARTS) is 1. The van der Waals surface area contributed by atoms with Gasteiger partial charge in [0.2, 0.25) is 0 Å². The van der Waals surface area contributed by atoms with Crippen LogP contribution in [-0.2, 0) is 17.6 Å². The molecule has 2 rings (SSSR count). The van der Waals surface area contributed by atoms with E-state index in [1.165, 1.54) is 16.7 Å². The number of rotatable bonds is 6. The first-order chi connectivity index (χ1) is 9.16. The summed E-state index contributed by atoms with van der Waals surface area (Å²) < 4.78 is 1.84. The minimum atomic E-state index is -0.854. The van der Waals surface area contributed by atoms with Crippen LogP contribution >= 0.6 is 23.5 Å². The van der Waals surface area contributed by atoms with Crippen molar-refractivity contribution in [1.29, 1.82) is 0 Å². The Balaban J connectivity index is 1.96. The van der Waals surface area contributed by atoms with Gasteiger partial charge in [0.05, 0.1) is 11.5 Å². The molecule has 0 radical (unpaired) electrons. The van der Waals surface area contributed by atoms with Crippen LogP contribution in [0.25, 0.3) is 0 Å². The lowest BCUT2D eigenvalue weighted by Crippen LogP contribution is -2.01. The summed E-state index contributed by atoms with van der Waals surface area (Å²) in [4.78, 5) is 11.7. The summed E-state index contributed by atoms with van der Waals surface area (Å²) in [6.45, 7) is 0. The van der Waals surface area contributed by atoms with Crippen LogP contribution in [0.2, 0.25) is 0 Å². The van der Waals surface area contributed by atoms with Gasteiger partial charge in [-0.1, -0.05) is 30.0 Å².